The Hall–Kier alpha value is -0.473. The van der Waals surface area contributed by atoms with Crippen molar-refractivity contribution < 1.29 is 0 Å². The predicted molar refractivity (Wildman–Crippen MR) is 134 cm³/mol. The topological polar surface area (TPSA) is 3.24 Å². The molecule has 0 radical (unpaired) electrons. The number of rotatable bonds is 6. The average Bonchev–Trinajstić information content (AvgIpc) is 3.00. The Morgan fingerprint density at radius 1 is 0.929 bits per heavy atom. The van der Waals surface area contributed by atoms with Crippen LogP contribution < -0.4 is 10.6 Å². The van der Waals surface area contributed by atoms with Gasteiger partial charge in [0.05, 0.1) is 0 Å². The summed E-state index contributed by atoms with van der Waals surface area (Å²) in [5.41, 5.74) is 1.53. The molecule has 1 nitrogen and oxygen atoms in total. The van der Waals surface area contributed by atoms with Crippen LogP contribution in [0.15, 0.2) is 60.7 Å². The number of alkyl halides is 1. The summed E-state index contributed by atoms with van der Waals surface area (Å²) in [6, 6.07) is 23.2. The molecule has 4 heteroatoms. The van der Waals surface area contributed by atoms with E-state index in [0.29, 0.717) is 22.4 Å². The van der Waals surface area contributed by atoms with Crippen LogP contribution in [0.2, 0.25) is 25.2 Å². The highest BCUT2D eigenvalue weighted by Gasteiger charge is 2.51. The number of benzene rings is 2. The van der Waals surface area contributed by atoms with E-state index < -0.39 is 8.07 Å². The molecule has 2 aromatic rings. The summed E-state index contributed by atoms with van der Waals surface area (Å²) < 4.78 is 0. The van der Waals surface area contributed by atoms with Crippen LogP contribution in [0.3, 0.4) is 0 Å². The first-order chi connectivity index (χ1) is 13.2. The molecule has 1 aliphatic carbocycles. The van der Waals surface area contributed by atoms with Crippen LogP contribution in [-0.4, -0.2) is 43.6 Å². The fourth-order valence-electron chi connectivity index (χ4n) is 4.78. The largest absolute Gasteiger partial charge is 0.306 e. The van der Waals surface area contributed by atoms with Crippen molar-refractivity contribution >= 4 is 42.5 Å². The van der Waals surface area contributed by atoms with Crippen molar-refractivity contribution in [3.05, 3.63) is 60.7 Å². The van der Waals surface area contributed by atoms with Crippen molar-refractivity contribution in [3.63, 3.8) is 0 Å². The third-order valence-electron chi connectivity index (χ3n) is 6.58. The lowest BCUT2D eigenvalue weighted by Gasteiger charge is -2.37. The second-order valence-electron chi connectivity index (χ2n) is 9.54. The lowest BCUT2D eigenvalue weighted by atomic mass is 9.98. The Balaban J connectivity index is 2.10. The third-order valence-corrected chi connectivity index (χ3v) is 14.1. The molecule has 152 valence electrons. The van der Waals surface area contributed by atoms with Crippen LogP contribution in [0.25, 0.3) is 0 Å². The lowest BCUT2D eigenvalue weighted by molar-refractivity contribution is 0.236. The van der Waals surface area contributed by atoms with E-state index in [1.54, 1.807) is 0 Å². The molecule has 0 heterocycles. The summed E-state index contributed by atoms with van der Waals surface area (Å²) in [6.45, 7) is 10.1. The Kier molecular flexibility index (Phi) is 7.24. The normalized spacial score (nSPS) is 26.8. The van der Waals surface area contributed by atoms with Crippen LogP contribution in [0, 0.1) is 5.92 Å². The summed E-state index contributed by atoms with van der Waals surface area (Å²) in [5.74, 6) is 0.665. The highest BCUT2D eigenvalue weighted by atomic mass is 79.9. The van der Waals surface area contributed by atoms with Gasteiger partial charge in [0.1, 0.15) is 0 Å². The molecule has 1 saturated carbocycles. The molecule has 0 spiro atoms. The van der Waals surface area contributed by atoms with E-state index >= 15 is 0 Å². The Morgan fingerprint density at radius 2 is 1.39 bits per heavy atom. The summed E-state index contributed by atoms with van der Waals surface area (Å²) >= 11 is 4.25. The fraction of sp³-hybridized carbons (Fsp3) is 0.500. The second-order valence-corrected chi connectivity index (χ2v) is 18.5. The van der Waals surface area contributed by atoms with Crippen molar-refractivity contribution in [3.8, 4) is 0 Å². The average molecular weight is 477 g/mol. The first-order valence-corrected chi connectivity index (χ1v) is 16.3. The minimum atomic E-state index is -1.25. The molecular weight excluding hydrogens is 441 g/mol. The van der Waals surface area contributed by atoms with Crippen molar-refractivity contribution in [2.45, 2.75) is 55.1 Å². The highest BCUT2D eigenvalue weighted by molar-refractivity contribution is 9.09. The lowest BCUT2D eigenvalue weighted by Crippen LogP contribution is -2.42. The summed E-state index contributed by atoms with van der Waals surface area (Å²) in [5, 5.41) is 3.06. The predicted octanol–water partition coefficient (Wildman–Crippen LogP) is 5.93. The molecule has 1 aliphatic rings. The van der Waals surface area contributed by atoms with Gasteiger partial charge >= 0.3 is 0 Å². The minimum absolute atomic E-state index is 0.383. The fourth-order valence-corrected chi connectivity index (χ4v) is 14.0. The van der Waals surface area contributed by atoms with Gasteiger partial charge < -0.3 is 4.90 Å². The molecule has 0 aliphatic heterocycles. The van der Waals surface area contributed by atoms with Crippen molar-refractivity contribution in [1.82, 2.24) is 4.90 Å². The van der Waals surface area contributed by atoms with Crippen molar-refractivity contribution in [1.29, 1.82) is 0 Å². The van der Waals surface area contributed by atoms with E-state index in [-0.39, 0.29) is 7.92 Å². The molecule has 5 atom stereocenters. The van der Waals surface area contributed by atoms with Crippen LogP contribution in [0.1, 0.15) is 13.3 Å². The molecule has 0 bridgehead atoms. The molecule has 2 aromatic carbocycles. The van der Waals surface area contributed by atoms with Gasteiger partial charge in [0.15, 0.2) is 0 Å². The van der Waals surface area contributed by atoms with Crippen molar-refractivity contribution in [2.75, 3.05) is 14.1 Å². The highest BCUT2D eigenvalue weighted by Crippen LogP contribution is 2.59. The molecule has 0 aromatic heterocycles. The number of hydrogen-bond donors (Lipinski definition) is 0. The maximum Gasteiger partial charge on any atom is 0.0486 e. The number of hydrogen-bond acceptors (Lipinski definition) is 1. The van der Waals surface area contributed by atoms with Gasteiger partial charge in [0.2, 0.25) is 0 Å². The molecule has 0 amide bonds. The summed E-state index contributed by atoms with van der Waals surface area (Å²) in [6.07, 6.45) is 1.35. The van der Waals surface area contributed by atoms with Crippen molar-refractivity contribution in [2.24, 2.45) is 5.92 Å². The van der Waals surface area contributed by atoms with Crippen LogP contribution in [0.4, 0.5) is 0 Å². The van der Waals surface area contributed by atoms with Gasteiger partial charge in [-0.2, -0.15) is 0 Å². The number of nitrogens with zero attached hydrogens (tertiary/aromatic N) is 1. The van der Waals surface area contributed by atoms with Gasteiger partial charge in [0.25, 0.3) is 0 Å². The Bertz CT molecular complexity index is 707. The van der Waals surface area contributed by atoms with Gasteiger partial charge in [-0.15, -0.1) is 0 Å². The van der Waals surface area contributed by atoms with E-state index in [1.807, 2.05) is 0 Å². The Morgan fingerprint density at radius 3 is 1.79 bits per heavy atom. The smallest absolute Gasteiger partial charge is 0.0486 e. The van der Waals surface area contributed by atoms with Crippen LogP contribution >= 0.6 is 23.9 Å². The molecule has 1 fully saturated rings. The third kappa shape index (κ3) is 4.64. The van der Waals surface area contributed by atoms with E-state index in [9.17, 15) is 0 Å². The maximum atomic E-state index is 4.25. The quantitative estimate of drug-likeness (QED) is 0.284. The maximum absolute atomic E-state index is 4.25. The molecule has 4 unspecified atom stereocenters. The minimum Gasteiger partial charge on any atom is -0.306 e. The van der Waals surface area contributed by atoms with Gasteiger partial charge in [0, 0.05) is 18.9 Å². The zero-order valence-electron chi connectivity index (χ0n) is 18.1. The van der Waals surface area contributed by atoms with Gasteiger partial charge in [-0.25, -0.2) is 0 Å². The van der Waals surface area contributed by atoms with E-state index in [0.717, 1.165) is 5.54 Å². The van der Waals surface area contributed by atoms with Gasteiger partial charge in [-0.1, -0.05) is 96.2 Å². The second kappa shape index (κ2) is 9.12. The first kappa shape index (κ1) is 22.2. The molecule has 3 rings (SSSR count). The van der Waals surface area contributed by atoms with E-state index in [1.165, 1.54) is 17.0 Å². The Labute approximate surface area is 182 Å². The van der Waals surface area contributed by atoms with Crippen LogP contribution in [-0.2, 0) is 0 Å². The van der Waals surface area contributed by atoms with Gasteiger partial charge in [-0.3, -0.25) is 0 Å². The first-order valence-electron chi connectivity index (χ1n) is 10.4. The number of halogens is 1. The summed E-state index contributed by atoms with van der Waals surface area (Å²) in [4.78, 5) is 3.04. The zero-order chi connectivity index (χ0) is 20.5. The standard InChI is InChI=1S/C24H35BrNPSi/c1-18(26(2)3)23-21(17-22(24(23)25)28(4,5)6)27(19-13-9-7-10-14-19)20-15-11-8-12-16-20/h7-16,18,21-24H,17H2,1-6H3/t18-,21?,22?,23?,24?/m1/s1. The summed E-state index contributed by atoms with van der Waals surface area (Å²) in [7, 11) is 2.86. The van der Waals surface area contributed by atoms with E-state index in [2.05, 4.69) is 122 Å². The molecule has 28 heavy (non-hydrogen) atoms. The SMILES string of the molecule is C[C@H](C1C(Br)C([Si](C)(C)C)CC1P(c1ccccc1)c1ccccc1)N(C)C. The monoisotopic (exact) mass is 475 g/mol. The molecule has 0 N–H and O–H groups in total. The molecular formula is C24H35BrNPSi. The molecule has 0 saturated heterocycles. The van der Waals surface area contributed by atoms with Gasteiger partial charge in [-0.05, 0) is 63.1 Å². The zero-order valence-corrected chi connectivity index (χ0v) is 21.6. The van der Waals surface area contributed by atoms with E-state index in [4.69, 9.17) is 0 Å². The van der Waals surface area contributed by atoms with Crippen LogP contribution in [0.5, 0.6) is 0 Å².